The lowest BCUT2D eigenvalue weighted by molar-refractivity contribution is -0.146. The fourth-order valence-corrected chi connectivity index (χ4v) is 1.88. The summed E-state index contributed by atoms with van der Waals surface area (Å²) in [5.41, 5.74) is 0. The number of carboxylic acid groups (broad SMARTS) is 1. The van der Waals surface area contributed by atoms with Crippen LogP contribution < -0.4 is 10.6 Å². The smallest absolute Gasteiger partial charge is 0.322 e. The maximum atomic E-state index is 11.8. The molecule has 0 spiro atoms. The predicted octanol–water partition coefficient (Wildman–Crippen LogP) is -0.964. The second kappa shape index (κ2) is 6.36. The highest BCUT2D eigenvalue weighted by molar-refractivity contribution is 5.83. The summed E-state index contributed by atoms with van der Waals surface area (Å²) >= 11 is 0. The third-order valence-corrected chi connectivity index (χ3v) is 2.87. The minimum absolute atomic E-state index is 0.168. The lowest BCUT2D eigenvalue weighted by Crippen LogP contribution is -2.60. The van der Waals surface area contributed by atoms with Crippen molar-refractivity contribution in [3.8, 4) is 0 Å². The fraction of sp³-hybridized carbons (Fsp3) is 0.636. The van der Waals surface area contributed by atoms with Gasteiger partial charge in [-0.3, -0.25) is 14.5 Å². The second-order valence-corrected chi connectivity index (χ2v) is 4.01. The summed E-state index contributed by atoms with van der Waals surface area (Å²) in [6, 6.07) is -1.09. The normalized spacial score (nSPS) is 22.8. The maximum Gasteiger partial charge on any atom is 0.322 e. The van der Waals surface area contributed by atoms with Gasteiger partial charge in [-0.25, -0.2) is 0 Å². The van der Waals surface area contributed by atoms with Crippen molar-refractivity contribution in [3.63, 3.8) is 0 Å². The summed E-state index contributed by atoms with van der Waals surface area (Å²) < 4.78 is 0. The Hall–Kier alpha value is -1.40. The molecule has 1 rings (SSSR count). The molecule has 6 heteroatoms. The largest absolute Gasteiger partial charge is 0.480 e. The molecule has 0 aromatic heterocycles. The molecule has 0 saturated carbocycles. The molecule has 1 aliphatic rings. The monoisotopic (exact) mass is 241 g/mol. The van der Waals surface area contributed by atoms with Gasteiger partial charge in [0, 0.05) is 26.2 Å². The summed E-state index contributed by atoms with van der Waals surface area (Å²) in [5.74, 6) is -1.07. The third kappa shape index (κ3) is 3.54. The zero-order valence-electron chi connectivity index (χ0n) is 9.98. The quantitative estimate of drug-likeness (QED) is 0.540. The number of nitrogens with zero attached hydrogens (tertiary/aromatic N) is 1. The van der Waals surface area contributed by atoms with Crippen LogP contribution in [0.2, 0.25) is 0 Å². The highest BCUT2D eigenvalue weighted by Crippen LogP contribution is 2.09. The van der Waals surface area contributed by atoms with Gasteiger partial charge < -0.3 is 15.7 Å². The number of amides is 1. The second-order valence-electron chi connectivity index (χ2n) is 4.01. The van der Waals surface area contributed by atoms with Crippen LogP contribution in [0.5, 0.6) is 0 Å². The van der Waals surface area contributed by atoms with E-state index in [4.69, 9.17) is 5.11 Å². The van der Waals surface area contributed by atoms with E-state index in [2.05, 4.69) is 17.2 Å². The van der Waals surface area contributed by atoms with Crippen molar-refractivity contribution in [2.24, 2.45) is 0 Å². The third-order valence-electron chi connectivity index (χ3n) is 2.87. The molecule has 0 radical (unpaired) electrons. The SMILES string of the molecule is C=CCNC(=O)C(C)N1CCNCC1C(=O)O. The standard InChI is InChI=1S/C11H19N3O3/c1-3-4-13-10(15)8(2)14-6-5-12-7-9(14)11(16)17/h3,8-9,12H,1,4-7H2,2H3,(H,13,15)(H,16,17). The Morgan fingerprint density at radius 1 is 1.71 bits per heavy atom. The van der Waals surface area contributed by atoms with Gasteiger partial charge in [0.25, 0.3) is 0 Å². The van der Waals surface area contributed by atoms with Crippen molar-refractivity contribution in [2.75, 3.05) is 26.2 Å². The van der Waals surface area contributed by atoms with Crippen LogP contribution in [0.3, 0.4) is 0 Å². The molecule has 0 aromatic carbocycles. The molecule has 3 N–H and O–H groups in total. The molecule has 2 unspecified atom stereocenters. The van der Waals surface area contributed by atoms with E-state index < -0.39 is 18.1 Å². The molecule has 0 bridgehead atoms. The van der Waals surface area contributed by atoms with Crippen molar-refractivity contribution in [1.82, 2.24) is 15.5 Å². The number of carbonyl (C=O) groups is 2. The number of piperazine rings is 1. The topological polar surface area (TPSA) is 81.7 Å². The Balaban J connectivity index is 2.63. The van der Waals surface area contributed by atoms with E-state index >= 15 is 0 Å². The Bertz CT molecular complexity index is 306. The maximum absolute atomic E-state index is 11.8. The summed E-state index contributed by atoms with van der Waals surface area (Å²) in [6.45, 7) is 7.25. The van der Waals surface area contributed by atoms with Crippen LogP contribution in [0.4, 0.5) is 0 Å². The molecule has 1 amide bonds. The van der Waals surface area contributed by atoms with E-state index in [1.165, 1.54) is 0 Å². The Morgan fingerprint density at radius 2 is 2.41 bits per heavy atom. The van der Waals surface area contributed by atoms with Gasteiger partial charge in [0.15, 0.2) is 0 Å². The van der Waals surface area contributed by atoms with Crippen molar-refractivity contribution < 1.29 is 14.7 Å². The van der Waals surface area contributed by atoms with Gasteiger partial charge in [-0.15, -0.1) is 6.58 Å². The van der Waals surface area contributed by atoms with Gasteiger partial charge in [0.2, 0.25) is 5.91 Å². The number of carbonyl (C=O) groups excluding carboxylic acids is 1. The molecular weight excluding hydrogens is 222 g/mol. The Morgan fingerprint density at radius 3 is 3.00 bits per heavy atom. The molecule has 1 fully saturated rings. The highest BCUT2D eigenvalue weighted by Gasteiger charge is 2.34. The molecule has 1 heterocycles. The number of rotatable bonds is 5. The molecule has 17 heavy (non-hydrogen) atoms. The van der Waals surface area contributed by atoms with Crippen molar-refractivity contribution in [1.29, 1.82) is 0 Å². The minimum Gasteiger partial charge on any atom is -0.480 e. The van der Waals surface area contributed by atoms with Gasteiger partial charge in [0.1, 0.15) is 6.04 Å². The first-order valence-corrected chi connectivity index (χ1v) is 5.65. The average molecular weight is 241 g/mol. The number of aliphatic carboxylic acids is 1. The van der Waals surface area contributed by atoms with Crippen molar-refractivity contribution >= 4 is 11.9 Å². The van der Waals surface area contributed by atoms with Crippen LogP contribution in [-0.2, 0) is 9.59 Å². The number of hydrogen-bond donors (Lipinski definition) is 3. The lowest BCUT2D eigenvalue weighted by Gasteiger charge is -2.36. The predicted molar refractivity (Wildman–Crippen MR) is 63.7 cm³/mol. The summed E-state index contributed by atoms with van der Waals surface area (Å²) in [7, 11) is 0. The molecule has 0 aliphatic carbocycles. The van der Waals surface area contributed by atoms with Crippen LogP contribution in [0.15, 0.2) is 12.7 Å². The number of nitrogens with one attached hydrogen (secondary N) is 2. The van der Waals surface area contributed by atoms with Crippen LogP contribution in [0.25, 0.3) is 0 Å². The van der Waals surface area contributed by atoms with Crippen LogP contribution in [0, 0.1) is 0 Å². The van der Waals surface area contributed by atoms with E-state index in [-0.39, 0.29) is 5.91 Å². The van der Waals surface area contributed by atoms with E-state index in [0.29, 0.717) is 26.2 Å². The van der Waals surface area contributed by atoms with Crippen LogP contribution in [-0.4, -0.2) is 60.1 Å². The zero-order chi connectivity index (χ0) is 12.8. The first-order chi connectivity index (χ1) is 8.07. The lowest BCUT2D eigenvalue weighted by atomic mass is 10.1. The number of carboxylic acids is 1. The summed E-state index contributed by atoms with van der Waals surface area (Å²) in [5, 5.41) is 14.8. The Kier molecular flexibility index (Phi) is 5.11. The first-order valence-electron chi connectivity index (χ1n) is 5.65. The van der Waals surface area contributed by atoms with E-state index in [1.54, 1.807) is 17.9 Å². The molecule has 1 saturated heterocycles. The first kappa shape index (κ1) is 13.7. The number of hydrogen-bond acceptors (Lipinski definition) is 4. The van der Waals surface area contributed by atoms with E-state index in [1.807, 2.05) is 0 Å². The molecule has 2 atom stereocenters. The van der Waals surface area contributed by atoms with Crippen LogP contribution in [0.1, 0.15) is 6.92 Å². The molecule has 6 nitrogen and oxygen atoms in total. The average Bonchev–Trinajstić information content (AvgIpc) is 2.34. The summed E-state index contributed by atoms with van der Waals surface area (Å²) in [6.07, 6.45) is 1.59. The van der Waals surface area contributed by atoms with E-state index in [0.717, 1.165) is 0 Å². The molecular formula is C11H19N3O3. The van der Waals surface area contributed by atoms with Gasteiger partial charge in [-0.2, -0.15) is 0 Å². The fourth-order valence-electron chi connectivity index (χ4n) is 1.88. The summed E-state index contributed by atoms with van der Waals surface area (Å²) in [4.78, 5) is 24.5. The Labute approximate surface area is 101 Å². The minimum atomic E-state index is -0.902. The van der Waals surface area contributed by atoms with Gasteiger partial charge in [0.05, 0.1) is 6.04 Å². The van der Waals surface area contributed by atoms with Gasteiger partial charge in [-0.1, -0.05) is 6.08 Å². The van der Waals surface area contributed by atoms with E-state index in [9.17, 15) is 9.59 Å². The van der Waals surface area contributed by atoms with Crippen molar-refractivity contribution in [2.45, 2.75) is 19.0 Å². The highest BCUT2D eigenvalue weighted by atomic mass is 16.4. The van der Waals surface area contributed by atoms with Gasteiger partial charge >= 0.3 is 5.97 Å². The van der Waals surface area contributed by atoms with Crippen molar-refractivity contribution in [3.05, 3.63) is 12.7 Å². The molecule has 96 valence electrons. The zero-order valence-corrected chi connectivity index (χ0v) is 9.98. The van der Waals surface area contributed by atoms with Gasteiger partial charge in [-0.05, 0) is 6.92 Å². The molecule has 0 aromatic rings. The molecule has 1 aliphatic heterocycles. The van der Waals surface area contributed by atoms with Crippen LogP contribution >= 0.6 is 0 Å².